The molecule has 1 aromatic rings. The van der Waals surface area contributed by atoms with Crippen LogP contribution >= 0.6 is 0 Å². The Balaban J connectivity index is 1.83. The van der Waals surface area contributed by atoms with Crippen molar-refractivity contribution in [2.75, 3.05) is 43.4 Å². The molecular formula is C13H19N5O. The van der Waals surface area contributed by atoms with Crippen LogP contribution in [0.2, 0.25) is 0 Å². The average molecular weight is 261 g/mol. The van der Waals surface area contributed by atoms with Gasteiger partial charge in [0.15, 0.2) is 0 Å². The minimum absolute atomic E-state index is 0.749. The summed E-state index contributed by atoms with van der Waals surface area (Å²) in [6.07, 6.45) is 4.21. The van der Waals surface area contributed by atoms with Crippen LogP contribution < -0.4 is 10.2 Å². The molecule has 0 atom stereocenters. The van der Waals surface area contributed by atoms with Gasteiger partial charge in [-0.25, -0.2) is 4.98 Å². The smallest absolute Gasteiger partial charge is 0.227 e. The van der Waals surface area contributed by atoms with Gasteiger partial charge in [0.2, 0.25) is 12.4 Å². The predicted octanol–water partition coefficient (Wildman–Crippen LogP) is 0.285. The number of anilines is 2. The van der Waals surface area contributed by atoms with E-state index in [0.29, 0.717) is 0 Å². The standard InChI is InChI=1S/C13H19N5O/c1-14-12-10-3-2-4-11(10)15-13(16-12)18-7-5-17(9-19)6-8-18/h9H,2-8H2,1H3,(H,14,15,16). The molecule has 1 fully saturated rings. The number of aromatic nitrogens is 2. The van der Waals surface area contributed by atoms with Gasteiger partial charge in [0.1, 0.15) is 5.82 Å². The first-order valence-corrected chi connectivity index (χ1v) is 6.83. The molecule has 19 heavy (non-hydrogen) atoms. The monoisotopic (exact) mass is 261 g/mol. The lowest BCUT2D eigenvalue weighted by Crippen LogP contribution is -2.46. The van der Waals surface area contributed by atoms with Gasteiger partial charge in [-0.2, -0.15) is 4.98 Å². The first-order chi connectivity index (χ1) is 9.31. The Kier molecular flexibility index (Phi) is 3.23. The molecule has 0 radical (unpaired) electrons. The molecule has 3 rings (SSSR count). The number of nitrogens with one attached hydrogen (secondary N) is 1. The Hall–Kier alpha value is -1.85. The van der Waals surface area contributed by atoms with E-state index in [2.05, 4.69) is 15.2 Å². The molecule has 1 saturated heterocycles. The van der Waals surface area contributed by atoms with Gasteiger partial charge in [-0.15, -0.1) is 0 Å². The lowest BCUT2D eigenvalue weighted by Gasteiger charge is -2.32. The maximum absolute atomic E-state index is 10.7. The molecule has 0 aromatic carbocycles. The number of amides is 1. The summed E-state index contributed by atoms with van der Waals surface area (Å²) in [5.41, 5.74) is 2.46. The fourth-order valence-corrected chi connectivity index (χ4v) is 2.79. The maximum atomic E-state index is 10.7. The third-order valence-corrected chi connectivity index (χ3v) is 3.90. The van der Waals surface area contributed by atoms with Crippen LogP contribution in [0.15, 0.2) is 0 Å². The minimum atomic E-state index is 0.749. The van der Waals surface area contributed by atoms with Crippen LogP contribution in [0.3, 0.4) is 0 Å². The number of piperazine rings is 1. The Morgan fingerprint density at radius 1 is 1.16 bits per heavy atom. The van der Waals surface area contributed by atoms with Crippen molar-refractivity contribution in [1.29, 1.82) is 0 Å². The number of carbonyl (C=O) groups excluding carboxylic acids is 1. The molecular weight excluding hydrogens is 242 g/mol. The summed E-state index contributed by atoms with van der Waals surface area (Å²) < 4.78 is 0. The Bertz CT molecular complexity index is 482. The van der Waals surface area contributed by atoms with Crippen LogP contribution in [0.5, 0.6) is 0 Å². The van der Waals surface area contributed by atoms with E-state index in [-0.39, 0.29) is 0 Å². The van der Waals surface area contributed by atoms with Crippen LogP contribution in [0.4, 0.5) is 11.8 Å². The third-order valence-electron chi connectivity index (χ3n) is 3.90. The topological polar surface area (TPSA) is 61.4 Å². The molecule has 6 heteroatoms. The van der Waals surface area contributed by atoms with E-state index in [1.165, 1.54) is 17.7 Å². The summed E-state index contributed by atoms with van der Waals surface area (Å²) in [5.74, 6) is 1.77. The van der Waals surface area contributed by atoms with Crippen molar-refractivity contribution in [3.63, 3.8) is 0 Å². The second-order valence-corrected chi connectivity index (χ2v) is 5.03. The molecule has 0 spiro atoms. The zero-order chi connectivity index (χ0) is 13.2. The third kappa shape index (κ3) is 2.22. The molecule has 1 amide bonds. The van der Waals surface area contributed by atoms with E-state index in [0.717, 1.165) is 57.2 Å². The van der Waals surface area contributed by atoms with Crippen molar-refractivity contribution >= 4 is 18.2 Å². The second-order valence-electron chi connectivity index (χ2n) is 5.03. The Morgan fingerprint density at radius 2 is 1.95 bits per heavy atom. The SMILES string of the molecule is CNc1nc(N2CCN(C=O)CC2)nc2c1CCC2. The Labute approximate surface area is 112 Å². The zero-order valence-corrected chi connectivity index (χ0v) is 11.2. The van der Waals surface area contributed by atoms with Crippen LogP contribution in [0, 0.1) is 0 Å². The normalized spacial score (nSPS) is 18.4. The van der Waals surface area contributed by atoms with Crippen molar-refractivity contribution < 1.29 is 4.79 Å². The lowest BCUT2D eigenvalue weighted by atomic mass is 10.2. The molecule has 2 heterocycles. The van der Waals surface area contributed by atoms with Gasteiger partial charge >= 0.3 is 0 Å². The molecule has 1 N–H and O–H groups in total. The highest BCUT2D eigenvalue weighted by Gasteiger charge is 2.23. The van der Waals surface area contributed by atoms with Crippen molar-refractivity contribution in [3.05, 3.63) is 11.3 Å². The van der Waals surface area contributed by atoms with Crippen LogP contribution in [0.1, 0.15) is 17.7 Å². The number of hydrogen-bond acceptors (Lipinski definition) is 5. The van der Waals surface area contributed by atoms with Gasteiger partial charge in [-0.3, -0.25) is 4.79 Å². The molecule has 6 nitrogen and oxygen atoms in total. The maximum Gasteiger partial charge on any atom is 0.227 e. The van der Waals surface area contributed by atoms with Gasteiger partial charge in [0, 0.05) is 38.8 Å². The van der Waals surface area contributed by atoms with E-state index >= 15 is 0 Å². The molecule has 0 saturated carbocycles. The molecule has 0 unspecified atom stereocenters. The van der Waals surface area contributed by atoms with Crippen molar-refractivity contribution in [1.82, 2.24) is 14.9 Å². The zero-order valence-electron chi connectivity index (χ0n) is 11.2. The number of carbonyl (C=O) groups is 1. The highest BCUT2D eigenvalue weighted by atomic mass is 16.1. The first kappa shape index (κ1) is 12.2. The van der Waals surface area contributed by atoms with E-state index in [4.69, 9.17) is 4.98 Å². The summed E-state index contributed by atoms with van der Waals surface area (Å²) in [6.45, 7) is 3.11. The number of aryl methyl sites for hydroxylation is 1. The molecule has 1 aromatic heterocycles. The highest BCUT2D eigenvalue weighted by molar-refractivity contribution is 5.53. The highest BCUT2D eigenvalue weighted by Crippen LogP contribution is 2.28. The molecule has 1 aliphatic heterocycles. The van der Waals surface area contributed by atoms with Crippen molar-refractivity contribution in [2.24, 2.45) is 0 Å². The van der Waals surface area contributed by atoms with E-state index in [1.54, 1.807) is 4.90 Å². The first-order valence-electron chi connectivity index (χ1n) is 6.83. The Morgan fingerprint density at radius 3 is 2.63 bits per heavy atom. The van der Waals surface area contributed by atoms with Crippen LogP contribution in [0.25, 0.3) is 0 Å². The van der Waals surface area contributed by atoms with Crippen molar-refractivity contribution in [2.45, 2.75) is 19.3 Å². The van der Waals surface area contributed by atoms with E-state index < -0.39 is 0 Å². The molecule has 1 aliphatic carbocycles. The average Bonchev–Trinajstić information content (AvgIpc) is 2.94. The van der Waals surface area contributed by atoms with Gasteiger partial charge in [0.25, 0.3) is 0 Å². The predicted molar refractivity (Wildman–Crippen MR) is 73.5 cm³/mol. The number of rotatable bonds is 3. The summed E-state index contributed by atoms with van der Waals surface area (Å²) in [5, 5.41) is 3.18. The summed E-state index contributed by atoms with van der Waals surface area (Å²) in [6, 6.07) is 0. The molecule has 102 valence electrons. The fraction of sp³-hybridized carbons (Fsp3) is 0.615. The van der Waals surface area contributed by atoms with E-state index in [9.17, 15) is 4.79 Å². The van der Waals surface area contributed by atoms with Gasteiger partial charge in [-0.1, -0.05) is 0 Å². The largest absolute Gasteiger partial charge is 0.373 e. The van der Waals surface area contributed by atoms with Gasteiger partial charge in [0.05, 0.1) is 5.69 Å². The number of fused-ring (bicyclic) bond motifs is 1. The van der Waals surface area contributed by atoms with Crippen LogP contribution in [-0.4, -0.2) is 54.5 Å². The number of hydrogen-bond donors (Lipinski definition) is 1. The van der Waals surface area contributed by atoms with Gasteiger partial charge < -0.3 is 15.1 Å². The molecule has 2 aliphatic rings. The minimum Gasteiger partial charge on any atom is -0.373 e. The molecule has 0 bridgehead atoms. The van der Waals surface area contributed by atoms with Gasteiger partial charge in [-0.05, 0) is 19.3 Å². The summed E-state index contributed by atoms with van der Waals surface area (Å²) in [7, 11) is 1.91. The second kappa shape index (κ2) is 5.03. The summed E-state index contributed by atoms with van der Waals surface area (Å²) >= 11 is 0. The van der Waals surface area contributed by atoms with Crippen molar-refractivity contribution in [3.8, 4) is 0 Å². The van der Waals surface area contributed by atoms with Crippen LogP contribution in [-0.2, 0) is 17.6 Å². The number of nitrogens with zero attached hydrogens (tertiary/aromatic N) is 4. The van der Waals surface area contributed by atoms with E-state index in [1.807, 2.05) is 7.05 Å². The summed E-state index contributed by atoms with van der Waals surface area (Å²) in [4.78, 5) is 24.0. The lowest BCUT2D eigenvalue weighted by molar-refractivity contribution is -0.118. The quantitative estimate of drug-likeness (QED) is 0.792. The fourth-order valence-electron chi connectivity index (χ4n) is 2.79.